The maximum atomic E-state index is 10.7. The first-order chi connectivity index (χ1) is 6.85. The van der Waals surface area contributed by atoms with E-state index in [1.807, 2.05) is 6.26 Å². The van der Waals surface area contributed by atoms with Crippen LogP contribution in [0.15, 0.2) is 0 Å². The highest BCUT2D eigenvalue weighted by atomic mass is 32.2. The molecule has 0 amide bonds. The van der Waals surface area contributed by atoms with E-state index in [-0.39, 0.29) is 0 Å². The van der Waals surface area contributed by atoms with Gasteiger partial charge >= 0.3 is 7.60 Å². The maximum Gasteiger partial charge on any atom is 0.328 e. The first kappa shape index (κ1) is 13.4. The summed E-state index contributed by atoms with van der Waals surface area (Å²) in [6, 6.07) is 0. The fraction of sp³-hybridized carbons (Fsp3) is 1.00. The van der Waals surface area contributed by atoms with Gasteiger partial charge in [-0.15, -0.1) is 0 Å². The molecule has 4 atom stereocenters. The molecule has 1 saturated heterocycles. The molecule has 90 valence electrons. The van der Waals surface area contributed by atoms with Gasteiger partial charge in [-0.3, -0.25) is 4.57 Å². The van der Waals surface area contributed by atoms with Gasteiger partial charge in [-0.05, 0) is 6.26 Å². The van der Waals surface area contributed by atoms with Crippen LogP contribution in [0.5, 0.6) is 0 Å². The number of thioether (sulfide) groups is 1. The Morgan fingerprint density at radius 1 is 1.27 bits per heavy atom. The Bertz CT molecular complexity index is 256. The van der Waals surface area contributed by atoms with Crippen LogP contribution in [0.1, 0.15) is 0 Å². The second kappa shape index (κ2) is 5.14. The van der Waals surface area contributed by atoms with Gasteiger partial charge in [0.25, 0.3) is 0 Å². The van der Waals surface area contributed by atoms with Crippen molar-refractivity contribution in [2.75, 3.05) is 18.2 Å². The summed E-state index contributed by atoms with van der Waals surface area (Å²) in [4.78, 5) is 17.5. The molecule has 1 aliphatic heterocycles. The predicted molar refractivity (Wildman–Crippen MR) is 56.0 cm³/mol. The first-order valence-electron chi connectivity index (χ1n) is 4.40. The minimum Gasteiger partial charge on any atom is -0.388 e. The van der Waals surface area contributed by atoms with Crippen LogP contribution in [-0.4, -0.2) is 62.6 Å². The summed E-state index contributed by atoms with van der Waals surface area (Å²) >= 11 is 1.43. The van der Waals surface area contributed by atoms with Crippen LogP contribution in [0.3, 0.4) is 0 Å². The fourth-order valence-electron chi connectivity index (χ4n) is 1.51. The van der Waals surface area contributed by atoms with E-state index in [0.29, 0.717) is 5.75 Å². The van der Waals surface area contributed by atoms with Crippen molar-refractivity contribution in [1.29, 1.82) is 0 Å². The van der Waals surface area contributed by atoms with Crippen LogP contribution in [0.2, 0.25) is 0 Å². The van der Waals surface area contributed by atoms with E-state index in [4.69, 9.17) is 14.5 Å². The number of ether oxygens (including phenoxy) is 1. The average Bonchev–Trinajstić information content (AvgIpc) is 2.32. The highest BCUT2D eigenvalue weighted by Gasteiger charge is 2.44. The Kier molecular flexibility index (Phi) is 4.61. The van der Waals surface area contributed by atoms with Crippen LogP contribution in [0.25, 0.3) is 0 Å². The van der Waals surface area contributed by atoms with Crippen molar-refractivity contribution >= 4 is 19.4 Å². The monoisotopic (exact) mass is 258 g/mol. The zero-order chi connectivity index (χ0) is 11.6. The third-order valence-corrected chi connectivity index (χ3v) is 3.71. The van der Waals surface area contributed by atoms with Crippen LogP contribution < -0.4 is 0 Å². The van der Waals surface area contributed by atoms with Gasteiger partial charge in [-0.2, -0.15) is 11.8 Å². The standard InChI is InChI=1S/C7H15O6PS/c1-15-3-5-7(9)6(8)4(13-5)2-14(10,11)12/h4-9H,2-3H2,1H3,(H2,10,11,12)/t4?,5?,6-,7+/m0/s1. The Hall–Kier alpha value is 0.380. The minimum atomic E-state index is -4.23. The summed E-state index contributed by atoms with van der Waals surface area (Å²) in [5.41, 5.74) is 0. The summed E-state index contributed by atoms with van der Waals surface area (Å²) in [5.74, 6) is 0.482. The largest absolute Gasteiger partial charge is 0.388 e. The lowest BCUT2D eigenvalue weighted by Gasteiger charge is -2.14. The van der Waals surface area contributed by atoms with Gasteiger partial charge in [0.05, 0.1) is 18.4 Å². The van der Waals surface area contributed by atoms with E-state index in [1.165, 1.54) is 11.8 Å². The molecular formula is C7H15O6PS. The number of hydrogen-bond donors (Lipinski definition) is 4. The van der Waals surface area contributed by atoms with Crippen molar-refractivity contribution < 1.29 is 29.3 Å². The first-order valence-corrected chi connectivity index (χ1v) is 7.59. The van der Waals surface area contributed by atoms with Gasteiger partial charge in [0.15, 0.2) is 0 Å². The normalized spacial score (nSPS) is 37.1. The van der Waals surface area contributed by atoms with Gasteiger partial charge in [-0.25, -0.2) is 0 Å². The smallest absolute Gasteiger partial charge is 0.328 e. The third-order valence-electron chi connectivity index (χ3n) is 2.21. The predicted octanol–water partition coefficient (Wildman–Crippen LogP) is -0.984. The fourth-order valence-corrected chi connectivity index (χ4v) is 2.89. The molecule has 1 heterocycles. The van der Waals surface area contributed by atoms with Crippen molar-refractivity contribution in [3.05, 3.63) is 0 Å². The average molecular weight is 258 g/mol. The molecule has 15 heavy (non-hydrogen) atoms. The number of hydrogen-bond acceptors (Lipinski definition) is 5. The van der Waals surface area contributed by atoms with Crippen molar-refractivity contribution in [1.82, 2.24) is 0 Å². The lowest BCUT2D eigenvalue weighted by Crippen LogP contribution is -2.34. The van der Waals surface area contributed by atoms with Crippen LogP contribution in [0.4, 0.5) is 0 Å². The summed E-state index contributed by atoms with van der Waals surface area (Å²) < 4.78 is 15.9. The van der Waals surface area contributed by atoms with Gasteiger partial charge in [0.1, 0.15) is 12.2 Å². The molecule has 8 heteroatoms. The summed E-state index contributed by atoms with van der Waals surface area (Å²) in [6.07, 6.45) is -2.59. The Balaban J connectivity index is 2.59. The van der Waals surface area contributed by atoms with E-state index >= 15 is 0 Å². The van der Waals surface area contributed by atoms with Gasteiger partial charge in [0, 0.05) is 5.75 Å². The molecule has 0 spiro atoms. The Morgan fingerprint density at radius 2 is 1.80 bits per heavy atom. The van der Waals surface area contributed by atoms with E-state index in [9.17, 15) is 14.8 Å². The summed E-state index contributed by atoms with van der Waals surface area (Å²) in [5, 5.41) is 19.0. The quantitative estimate of drug-likeness (QED) is 0.480. The molecule has 0 aromatic heterocycles. The molecule has 6 nitrogen and oxygen atoms in total. The summed E-state index contributed by atoms with van der Waals surface area (Å²) in [6.45, 7) is 0. The lowest BCUT2D eigenvalue weighted by atomic mass is 10.1. The van der Waals surface area contributed by atoms with Crippen LogP contribution in [-0.2, 0) is 9.30 Å². The third kappa shape index (κ3) is 3.71. The van der Waals surface area contributed by atoms with Gasteiger partial charge in [0.2, 0.25) is 0 Å². The summed E-state index contributed by atoms with van der Waals surface area (Å²) in [7, 11) is -4.23. The van der Waals surface area contributed by atoms with Crippen molar-refractivity contribution in [2.24, 2.45) is 0 Å². The minimum absolute atomic E-state index is 0.482. The van der Waals surface area contributed by atoms with Gasteiger partial charge in [-0.1, -0.05) is 0 Å². The number of aliphatic hydroxyl groups excluding tert-OH is 2. The maximum absolute atomic E-state index is 10.7. The zero-order valence-electron chi connectivity index (χ0n) is 8.18. The molecule has 0 bridgehead atoms. The molecular weight excluding hydrogens is 243 g/mol. The van der Waals surface area contributed by atoms with E-state index in [1.54, 1.807) is 0 Å². The van der Waals surface area contributed by atoms with Crippen molar-refractivity contribution in [3.63, 3.8) is 0 Å². The molecule has 1 fully saturated rings. The van der Waals surface area contributed by atoms with Crippen LogP contribution >= 0.6 is 19.4 Å². The molecule has 0 aromatic rings. The van der Waals surface area contributed by atoms with Crippen molar-refractivity contribution in [2.45, 2.75) is 24.4 Å². The molecule has 0 aromatic carbocycles. The van der Waals surface area contributed by atoms with E-state index < -0.39 is 38.2 Å². The van der Waals surface area contributed by atoms with Gasteiger partial charge < -0.3 is 24.7 Å². The molecule has 0 radical (unpaired) electrons. The highest BCUT2D eigenvalue weighted by Crippen LogP contribution is 2.39. The molecule has 2 unspecified atom stereocenters. The molecule has 1 rings (SSSR count). The second-order valence-corrected chi connectivity index (χ2v) is 6.10. The molecule has 1 aliphatic rings. The molecule has 0 aliphatic carbocycles. The SMILES string of the molecule is CSCC1OC(CP(=O)(O)O)[C@H](O)[C@@H]1O. The number of rotatable bonds is 4. The second-order valence-electron chi connectivity index (χ2n) is 3.50. The highest BCUT2D eigenvalue weighted by molar-refractivity contribution is 7.98. The molecule has 0 saturated carbocycles. The lowest BCUT2D eigenvalue weighted by molar-refractivity contribution is 0.0295. The zero-order valence-corrected chi connectivity index (χ0v) is 9.90. The van der Waals surface area contributed by atoms with Crippen LogP contribution in [0, 0.1) is 0 Å². The Labute approximate surface area is 91.8 Å². The molecule has 4 N–H and O–H groups in total. The topological polar surface area (TPSA) is 107 Å². The van der Waals surface area contributed by atoms with E-state index in [0.717, 1.165) is 0 Å². The Morgan fingerprint density at radius 3 is 2.27 bits per heavy atom. The number of aliphatic hydroxyl groups is 2. The van der Waals surface area contributed by atoms with E-state index in [2.05, 4.69) is 0 Å². The van der Waals surface area contributed by atoms with Crippen molar-refractivity contribution in [3.8, 4) is 0 Å².